The molecule has 6 heteroatoms. The maximum Gasteiger partial charge on any atom is 0.311 e. The van der Waals surface area contributed by atoms with E-state index in [1.54, 1.807) is 6.07 Å². The zero-order valence-corrected chi connectivity index (χ0v) is 11.1. The average Bonchev–Trinajstić information content (AvgIpc) is 2.55. The molecule has 3 N–H and O–H groups in total. The van der Waals surface area contributed by atoms with Crippen LogP contribution >= 0.6 is 0 Å². The standard InChI is InChI=1S/C13H20N4O2/c1-9-5-3-2-4-6-10(9)15-12-8-7-11(17(18)19)13(14)16-12/h7-10H,2-6H2,1H3,(H3,14,15,16). The summed E-state index contributed by atoms with van der Waals surface area (Å²) in [5, 5.41) is 14.0. The van der Waals surface area contributed by atoms with Crippen LogP contribution in [0.1, 0.15) is 39.0 Å². The SMILES string of the molecule is CC1CCCCCC1Nc1ccc([N+](=O)[O-])c(N)n1. The molecule has 1 heterocycles. The maximum atomic E-state index is 10.7. The molecule has 1 saturated carbocycles. The van der Waals surface area contributed by atoms with E-state index in [4.69, 9.17) is 5.73 Å². The first-order valence-electron chi connectivity index (χ1n) is 6.75. The summed E-state index contributed by atoms with van der Waals surface area (Å²) in [5.74, 6) is 1.18. The van der Waals surface area contributed by atoms with Gasteiger partial charge in [0, 0.05) is 12.1 Å². The summed E-state index contributed by atoms with van der Waals surface area (Å²) < 4.78 is 0. The first-order chi connectivity index (χ1) is 9.08. The fraction of sp³-hybridized carbons (Fsp3) is 0.615. The lowest BCUT2D eigenvalue weighted by molar-refractivity contribution is -0.384. The molecule has 6 nitrogen and oxygen atoms in total. The normalized spacial score (nSPS) is 23.6. The molecule has 1 aliphatic carbocycles. The van der Waals surface area contributed by atoms with Crippen LogP contribution in [0, 0.1) is 16.0 Å². The van der Waals surface area contributed by atoms with Crippen LogP contribution in [0.5, 0.6) is 0 Å². The number of nitrogens with two attached hydrogens (primary N) is 1. The first-order valence-corrected chi connectivity index (χ1v) is 6.75. The Labute approximate surface area is 112 Å². The number of hydrogen-bond acceptors (Lipinski definition) is 5. The molecule has 1 aliphatic rings. The number of hydrogen-bond donors (Lipinski definition) is 2. The van der Waals surface area contributed by atoms with Crippen LogP contribution in [0.25, 0.3) is 0 Å². The Hall–Kier alpha value is -1.85. The van der Waals surface area contributed by atoms with Gasteiger partial charge in [-0.3, -0.25) is 10.1 Å². The minimum absolute atomic E-state index is 0.0312. The molecule has 1 aromatic heterocycles. The second-order valence-electron chi connectivity index (χ2n) is 5.22. The monoisotopic (exact) mass is 264 g/mol. The van der Waals surface area contributed by atoms with Gasteiger partial charge in [0.25, 0.3) is 0 Å². The van der Waals surface area contributed by atoms with Crippen molar-refractivity contribution in [3.63, 3.8) is 0 Å². The van der Waals surface area contributed by atoms with Crippen LogP contribution in [-0.4, -0.2) is 15.9 Å². The van der Waals surface area contributed by atoms with Crippen LogP contribution in [-0.2, 0) is 0 Å². The highest BCUT2D eigenvalue weighted by Gasteiger charge is 2.21. The average molecular weight is 264 g/mol. The van der Waals surface area contributed by atoms with Crippen LogP contribution in [0.15, 0.2) is 12.1 Å². The molecule has 1 aromatic rings. The Morgan fingerprint density at radius 3 is 2.79 bits per heavy atom. The molecule has 0 aromatic carbocycles. The second kappa shape index (κ2) is 5.86. The molecule has 0 saturated heterocycles. The Kier molecular flexibility index (Phi) is 4.19. The van der Waals surface area contributed by atoms with E-state index in [0.717, 1.165) is 6.42 Å². The number of pyridine rings is 1. The highest BCUT2D eigenvalue weighted by Crippen LogP contribution is 2.27. The van der Waals surface area contributed by atoms with E-state index in [9.17, 15) is 10.1 Å². The van der Waals surface area contributed by atoms with Crippen molar-refractivity contribution in [1.29, 1.82) is 0 Å². The van der Waals surface area contributed by atoms with Crippen molar-refractivity contribution in [2.45, 2.75) is 45.1 Å². The molecule has 2 unspecified atom stereocenters. The number of rotatable bonds is 3. The van der Waals surface area contributed by atoms with E-state index < -0.39 is 4.92 Å². The van der Waals surface area contributed by atoms with Gasteiger partial charge in [0.05, 0.1) is 4.92 Å². The van der Waals surface area contributed by atoms with E-state index in [-0.39, 0.29) is 11.5 Å². The highest BCUT2D eigenvalue weighted by atomic mass is 16.6. The fourth-order valence-electron chi connectivity index (χ4n) is 2.60. The maximum absolute atomic E-state index is 10.7. The molecule has 0 aliphatic heterocycles. The predicted molar refractivity (Wildman–Crippen MR) is 75.0 cm³/mol. The molecule has 1 fully saturated rings. The number of aromatic nitrogens is 1. The molecule has 19 heavy (non-hydrogen) atoms. The summed E-state index contributed by atoms with van der Waals surface area (Å²) >= 11 is 0. The third-order valence-corrected chi connectivity index (χ3v) is 3.79. The van der Waals surface area contributed by atoms with Crippen molar-refractivity contribution in [3.8, 4) is 0 Å². The van der Waals surface area contributed by atoms with Gasteiger partial charge in [-0.15, -0.1) is 0 Å². The second-order valence-corrected chi connectivity index (χ2v) is 5.22. The van der Waals surface area contributed by atoms with Gasteiger partial charge < -0.3 is 11.1 Å². The van der Waals surface area contributed by atoms with Gasteiger partial charge in [-0.05, 0) is 24.8 Å². The number of nitrogen functional groups attached to an aromatic ring is 1. The van der Waals surface area contributed by atoms with E-state index in [2.05, 4.69) is 17.2 Å². The Morgan fingerprint density at radius 2 is 2.11 bits per heavy atom. The van der Waals surface area contributed by atoms with E-state index in [0.29, 0.717) is 17.8 Å². The van der Waals surface area contributed by atoms with Crippen molar-refractivity contribution >= 4 is 17.3 Å². The zero-order chi connectivity index (χ0) is 13.8. The quantitative estimate of drug-likeness (QED) is 0.497. The summed E-state index contributed by atoms with van der Waals surface area (Å²) in [5.41, 5.74) is 5.46. The van der Waals surface area contributed by atoms with Crippen molar-refractivity contribution in [3.05, 3.63) is 22.2 Å². The first kappa shape index (κ1) is 13.6. The summed E-state index contributed by atoms with van der Waals surface area (Å²) in [6.07, 6.45) is 6.08. The van der Waals surface area contributed by atoms with Gasteiger partial charge in [0.2, 0.25) is 5.82 Å². The number of nitrogens with zero attached hydrogens (tertiary/aromatic N) is 2. The zero-order valence-electron chi connectivity index (χ0n) is 11.1. The minimum atomic E-state index is -0.514. The van der Waals surface area contributed by atoms with Gasteiger partial charge >= 0.3 is 5.69 Å². The Morgan fingerprint density at radius 1 is 1.37 bits per heavy atom. The Balaban J connectivity index is 2.10. The molecule has 2 atom stereocenters. The minimum Gasteiger partial charge on any atom is -0.378 e. The number of anilines is 2. The Bertz CT molecular complexity index is 464. The lowest BCUT2D eigenvalue weighted by Gasteiger charge is -2.23. The van der Waals surface area contributed by atoms with E-state index in [1.807, 2.05) is 0 Å². The molecule has 0 spiro atoms. The van der Waals surface area contributed by atoms with Gasteiger partial charge in [0.1, 0.15) is 5.82 Å². The molecule has 104 valence electrons. The molecule has 0 bridgehead atoms. The summed E-state index contributed by atoms with van der Waals surface area (Å²) in [6, 6.07) is 3.41. The van der Waals surface area contributed by atoms with Crippen LogP contribution in [0.2, 0.25) is 0 Å². The molecule has 0 amide bonds. The van der Waals surface area contributed by atoms with Crippen LogP contribution < -0.4 is 11.1 Å². The van der Waals surface area contributed by atoms with Crippen molar-refractivity contribution in [1.82, 2.24) is 4.98 Å². The van der Waals surface area contributed by atoms with Crippen molar-refractivity contribution < 1.29 is 4.92 Å². The lowest BCUT2D eigenvalue weighted by atomic mass is 9.97. The van der Waals surface area contributed by atoms with Gasteiger partial charge in [0.15, 0.2) is 0 Å². The predicted octanol–water partition coefficient (Wildman–Crippen LogP) is 2.95. The summed E-state index contributed by atoms with van der Waals surface area (Å²) in [7, 11) is 0. The number of nitrogens with one attached hydrogen (secondary N) is 1. The van der Waals surface area contributed by atoms with Crippen molar-refractivity contribution in [2.24, 2.45) is 5.92 Å². The topological polar surface area (TPSA) is 94.1 Å². The van der Waals surface area contributed by atoms with Crippen molar-refractivity contribution in [2.75, 3.05) is 11.1 Å². The summed E-state index contributed by atoms with van der Waals surface area (Å²) in [6.45, 7) is 2.23. The molecular formula is C13H20N4O2. The fourth-order valence-corrected chi connectivity index (χ4v) is 2.60. The smallest absolute Gasteiger partial charge is 0.311 e. The third-order valence-electron chi connectivity index (χ3n) is 3.79. The van der Waals surface area contributed by atoms with Crippen LogP contribution in [0.3, 0.4) is 0 Å². The van der Waals surface area contributed by atoms with E-state index in [1.165, 1.54) is 31.7 Å². The van der Waals surface area contributed by atoms with Gasteiger partial charge in [-0.1, -0.05) is 26.2 Å². The van der Waals surface area contributed by atoms with Gasteiger partial charge in [-0.2, -0.15) is 0 Å². The van der Waals surface area contributed by atoms with Gasteiger partial charge in [-0.25, -0.2) is 4.98 Å². The third kappa shape index (κ3) is 3.33. The van der Waals surface area contributed by atoms with Crippen LogP contribution in [0.4, 0.5) is 17.3 Å². The highest BCUT2D eigenvalue weighted by molar-refractivity contribution is 5.57. The van der Waals surface area contributed by atoms with E-state index >= 15 is 0 Å². The largest absolute Gasteiger partial charge is 0.378 e. The number of nitro groups is 1. The lowest BCUT2D eigenvalue weighted by Crippen LogP contribution is -2.26. The molecule has 0 radical (unpaired) electrons. The summed E-state index contributed by atoms with van der Waals surface area (Å²) in [4.78, 5) is 14.3. The molecule has 2 rings (SSSR count). The molecular weight excluding hydrogens is 244 g/mol.